The Morgan fingerprint density at radius 2 is 1.86 bits per heavy atom. The standard InChI is InChI=1S/C17H26N4/c1-17(2,3)19-11-7-10-18-12-15-13-20-21(14-15)16-8-5-4-6-9-16/h4-6,8-9,13-14,18-19H,7,10-12H2,1-3H3. The summed E-state index contributed by atoms with van der Waals surface area (Å²) in [4.78, 5) is 0. The molecule has 2 rings (SSSR count). The third kappa shape index (κ3) is 5.69. The van der Waals surface area contributed by atoms with Crippen LogP contribution in [-0.2, 0) is 6.54 Å². The van der Waals surface area contributed by atoms with Crippen molar-refractivity contribution in [2.45, 2.75) is 39.3 Å². The summed E-state index contributed by atoms with van der Waals surface area (Å²) in [5, 5.41) is 11.3. The Balaban J connectivity index is 1.69. The highest BCUT2D eigenvalue weighted by atomic mass is 15.3. The first-order valence-corrected chi connectivity index (χ1v) is 7.59. The molecule has 2 aromatic rings. The van der Waals surface area contributed by atoms with Crippen LogP contribution in [0.2, 0.25) is 0 Å². The van der Waals surface area contributed by atoms with Gasteiger partial charge >= 0.3 is 0 Å². The number of hydrogen-bond donors (Lipinski definition) is 2. The first kappa shape index (κ1) is 15.7. The third-order valence-electron chi connectivity index (χ3n) is 3.17. The lowest BCUT2D eigenvalue weighted by molar-refractivity contribution is 0.418. The smallest absolute Gasteiger partial charge is 0.0645 e. The first-order chi connectivity index (χ1) is 10.0. The predicted octanol–water partition coefficient (Wildman–Crippen LogP) is 2.74. The Labute approximate surface area is 127 Å². The molecule has 0 saturated heterocycles. The van der Waals surface area contributed by atoms with Crippen LogP contribution in [0.15, 0.2) is 42.7 Å². The zero-order chi connectivity index (χ0) is 15.1. The predicted molar refractivity (Wildman–Crippen MR) is 87.6 cm³/mol. The fourth-order valence-electron chi connectivity index (χ4n) is 2.08. The fourth-order valence-corrected chi connectivity index (χ4v) is 2.08. The summed E-state index contributed by atoms with van der Waals surface area (Å²) in [5.41, 5.74) is 2.51. The van der Waals surface area contributed by atoms with Crippen LogP contribution >= 0.6 is 0 Å². The fraction of sp³-hybridized carbons (Fsp3) is 0.471. The van der Waals surface area contributed by atoms with E-state index in [1.165, 1.54) is 5.56 Å². The van der Waals surface area contributed by atoms with E-state index in [2.05, 4.69) is 54.8 Å². The van der Waals surface area contributed by atoms with Gasteiger partial charge in [-0.3, -0.25) is 0 Å². The first-order valence-electron chi connectivity index (χ1n) is 7.59. The highest BCUT2D eigenvalue weighted by Crippen LogP contribution is 2.07. The van der Waals surface area contributed by atoms with Gasteiger partial charge in [-0.2, -0.15) is 5.10 Å². The Hall–Kier alpha value is -1.65. The number of benzene rings is 1. The van der Waals surface area contributed by atoms with Crippen LogP contribution in [-0.4, -0.2) is 28.4 Å². The second-order valence-corrected chi connectivity index (χ2v) is 6.34. The van der Waals surface area contributed by atoms with Crippen molar-refractivity contribution in [1.82, 2.24) is 20.4 Å². The number of nitrogens with one attached hydrogen (secondary N) is 2. The lowest BCUT2D eigenvalue weighted by atomic mass is 10.1. The van der Waals surface area contributed by atoms with Crippen molar-refractivity contribution in [3.63, 3.8) is 0 Å². The molecular weight excluding hydrogens is 260 g/mol. The molecule has 0 aliphatic heterocycles. The van der Waals surface area contributed by atoms with E-state index in [0.717, 1.165) is 31.7 Å². The van der Waals surface area contributed by atoms with Crippen molar-refractivity contribution >= 4 is 0 Å². The van der Waals surface area contributed by atoms with E-state index in [1.807, 2.05) is 29.1 Å². The molecule has 4 heteroatoms. The zero-order valence-corrected chi connectivity index (χ0v) is 13.3. The van der Waals surface area contributed by atoms with Gasteiger partial charge in [0, 0.05) is 23.8 Å². The van der Waals surface area contributed by atoms with Gasteiger partial charge in [-0.05, 0) is 52.4 Å². The third-order valence-corrected chi connectivity index (χ3v) is 3.17. The molecule has 0 amide bonds. The Morgan fingerprint density at radius 1 is 1.10 bits per heavy atom. The van der Waals surface area contributed by atoms with Crippen LogP contribution in [0, 0.1) is 0 Å². The summed E-state index contributed by atoms with van der Waals surface area (Å²) >= 11 is 0. The molecule has 0 spiro atoms. The normalized spacial score (nSPS) is 11.8. The molecule has 2 N–H and O–H groups in total. The second-order valence-electron chi connectivity index (χ2n) is 6.34. The number of aromatic nitrogens is 2. The van der Waals surface area contributed by atoms with Crippen molar-refractivity contribution in [2.75, 3.05) is 13.1 Å². The highest BCUT2D eigenvalue weighted by Gasteiger charge is 2.06. The Kier molecular flexibility index (Phi) is 5.53. The molecule has 21 heavy (non-hydrogen) atoms. The van der Waals surface area contributed by atoms with Crippen molar-refractivity contribution in [3.05, 3.63) is 48.3 Å². The van der Waals surface area contributed by atoms with Gasteiger partial charge in [-0.15, -0.1) is 0 Å². The second kappa shape index (κ2) is 7.38. The summed E-state index contributed by atoms with van der Waals surface area (Å²) in [5.74, 6) is 0. The summed E-state index contributed by atoms with van der Waals surface area (Å²) in [6, 6.07) is 10.2. The van der Waals surface area contributed by atoms with Crippen LogP contribution < -0.4 is 10.6 Å². The van der Waals surface area contributed by atoms with Crippen molar-refractivity contribution in [2.24, 2.45) is 0 Å². The van der Waals surface area contributed by atoms with Gasteiger partial charge in [-0.25, -0.2) is 4.68 Å². The molecule has 0 bridgehead atoms. The largest absolute Gasteiger partial charge is 0.313 e. The summed E-state index contributed by atoms with van der Waals surface area (Å²) < 4.78 is 1.91. The molecule has 0 radical (unpaired) electrons. The lowest BCUT2D eigenvalue weighted by Crippen LogP contribution is -2.37. The highest BCUT2D eigenvalue weighted by molar-refractivity contribution is 5.30. The van der Waals surface area contributed by atoms with Crippen molar-refractivity contribution in [1.29, 1.82) is 0 Å². The minimum absolute atomic E-state index is 0.205. The molecule has 0 aliphatic carbocycles. The molecule has 114 valence electrons. The van der Waals surface area contributed by atoms with Crippen molar-refractivity contribution in [3.8, 4) is 5.69 Å². The number of rotatable bonds is 7. The summed E-state index contributed by atoms with van der Waals surface area (Å²) in [7, 11) is 0. The van der Waals surface area contributed by atoms with Gasteiger partial charge in [-0.1, -0.05) is 18.2 Å². The Bertz CT molecular complexity index is 525. The van der Waals surface area contributed by atoms with Gasteiger partial charge in [0.2, 0.25) is 0 Å². The molecule has 0 atom stereocenters. The quantitative estimate of drug-likeness (QED) is 0.769. The molecule has 1 aromatic heterocycles. The maximum absolute atomic E-state index is 4.40. The molecule has 0 fully saturated rings. The van der Waals surface area contributed by atoms with E-state index in [0.29, 0.717) is 0 Å². The molecule has 1 aromatic carbocycles. The lowest BCUT2D eigenvalue weighted by Gasteiger charge is -2.20. The van der Waals surface area contributed by atoms with Crippen molar-refractivity contribution < 1.29 is 0 Å². The van der Waals surface area contributed by atoms with E-state index in [4.69, 9.17) is 0 Å². The van der Waals surface area contributed by atoms with Gasteiger partial charge in [0.1, 0.15) is 0 Å². The summed E-state index contributed by atoms with van der Waals surface area (Å²) in [6.07, 6.45) is 5.13. The van der Waals surface area contributed by atoms with E-state index in [9.17, 15) is 0 Å². The SMILES string of the molecule is CC(C)(C)NCCCNCc1cnn(-c2ccccc2)c1. The van der Waals surface area contributed by atoms with Crippen LogP contribution in [0.4, 0.5) is 0 Å². The molecule has 4 nitrogen and oxygen atoms in total. The molecule has 0 aliphatic rings. The maximum atomic E-state index is 4.40. The molecular formula is C17H26N4. The van der Waals surface area contributed by atoms with Gasteiger partial charge < -0.3 is 10.6 Å². The van der Waals surface area contributed by atoms with Crippen LogP contribution in [0.3, 0.4) is 0 Å². The number of hydrogen-bond acceptors (Lipinski definition) is 3. The van der Waals surface area contributed by atoms with E-state index in [-0.39, 0.29) is 5.54 Å². The van der Waals surface area contributed by atoms with Gasteiger partial charge in [0.15, 0.2) is 0 Å². The van der Waals surface area contributed by atoms with Crippen LogP contribution in [0.1, 0.15) is 32.8 Å². The number of para-hydroxylation sites is 1. The minimum atomic E-state index is 0.205. The van der Waals surface area contributed by atoms with E-state index < -0.39 is 0 Å². The topological polar surface area (TPSA) is 41.9 Å². The molecule has 0 unspecified atom stereocenters. The molecule has 1 heterocycles. The van der Waals surface area contributed by atoms with Crippen LogP contribution in [0.25, 0.3) is 5.69 Å². The number of nitrogens with zero attached hydrogens (tertiary/aromatic N) is 2. The Morgan fingerprint density at radius 3 is 2.57 bits per heavy atom. The van der Waals surface area contributed by atoms with E-state index in [1.54, 1.807) is 0 Å². The van der Waals surface area contributed by atoms with Crippen LogP contribution in [0.5, 0.6) is 0 Å². The average molecular weight is 286 g/mol. The zero-order valence-electron chi connectivity index (χ0n) is 13.3. The summed E-state index contributed by atoms with van der Waals surface area (Å²) in [6.45, 7) is 9.50. The van der Waals surface area contributed by atoms with Gasteiger partial charge in [0.05, 0.1) is 11.9 Å². The minimum Gasteiger partial charge on any atom is -0.313 e. The van der Waals surface area contributed by atoms with Gasteiger partial charge in [0.25, 0.3) is 0 Å². The average Bonchev–Trinajstić information content (AvgIpc) is 2.91. The molecule has 0 saturated carbocycles. The maximum Gasteiger partial charge on any atom is 0.0645 e. The van der Waals surface area contributed by atoms with E-state index >= 15 is 0 Å². The monoisotopic (exact) mass is 286 g/mol.